The first kappa shape index (κ1) is 19.3. The molecule has 1 unspecified atom stereocenters. The predicted molar refractivity (Wildman–Crippen MR) is 98.3 cm³/mol. The first-order chi connectivity index (χ1) is 11.7. The number of thiophene rings is 1. The van der Waals surface area contributed by atoms with Crippen molar-refractivity contribution in [1.29, 1.82) is 0 Å². The van der Waals surface area contributed by atoms with Gasteiger partial charge in [0.15, 0.2) is 0 Å². The van der Waals surface area contributed by atoms with Crippen LogP contribution < -0.4 is 10.5 Å². The summed E-state index contributed by atoms with van der Waals surface area (Å²) in [4.78, 5) is 13.6. The van der Waals surface area contributed by atoms with Crippen LogP contribution in [-0.2, 0) is 10.0 Å². The van der Waals surface area contributed by atoms with Gasteiger partial charge in [0, 0.05) is 23.5 Å². The number of benzene rings is 1. The fraction of sp³-hybridized carbons (Fsp3) is 0.333. The van der Waals surface area contributed by atoms with Crippen LogP contribution in [0.1, 0.15) is 17.3 Å². The molecule has 0 spiro atoms. The molecule has 1 heterocycles. The Balaban J connectivity index is 2.13. The van der Waals surface area contributed by atoms with Crippen molar-refractivity contribution in [3.05, 3.63) is 50.7 Å². The number of nitro groups is 1. The van der Waals surface area contributed by atoms with E-state index in [0.717, 1.165) is 12.5 Å². The maximum Gasteiger partial charge on any atom is 0.293 e. The van der Waals surface area contributed by atoms with Gasteiger partial charge in [-0.1, -0.05) is 6.07 Å². The van der Waals surface area contributed by atoms with Gasteiger partial charge in [-0.05, 0) is 44.1 Å². The van der Waals surface area contributed by atoms with Crippen molar-refractivity contribution in [3.63, 3.8) is 0 Å². The Hall–Kier alpha value is -2.01. The molecule has 0 aliphatic heterocycles. The van der Waals surface area contributed by atoms with E-state index in [1.807, 2.05) is 25.5 Å². The van der Waals surface area contributed by atoms with Gasteiger partial charge < -0.3 is 10.2 Å². The van der Waals surface area contributed by atoms with Gasteiger partial charge in [0.1, 0.15) is 5.69 Å². The summed E-state index contributed by atoms with van der Waals surface area (Å²) in [6, 6.07) is 7.83. The largest absolute Gasteiger partial charge is 0.379 e. The molecule has 136 valence electrons. The van der Waals surface area contributed by atoms with Crippen LogP contribution in [0.25, 0.3) is 0 Å². The van der Waals surface area contributed by atoms with Crippen LogP contribution in [0.2, 0.25) is 0 Å². The smallest absolute Gasteiger partial charge is 0.293 e. The summed E-state index contributed by atoms with van der Waals surface area (Å²) in [7, 11) is -0.0281. The molecule has 0 radical (unpaired) electrons. The zero-order valence-electron chi connectivity index (χ0n) is 13.9. The lowest BCUT2D eigenvalue weighted by Gasteiger charge is -2.23. The number of nitro benzene ring substituents is 1. The number of hydrogen-bond donors (Lipinski definition) is 2. The van der Waals surface area contributed by atoms with E-state index >= 15 is 0 Å². The van der Waals surface area contributed by atoms with Crippen molar-refractivity contribution in [2.75, 3.05) is 26.0 Å². The Morgan fingerprint density at radius 2 is 2.08 bits per heavy atom. The maximum atomic E-state index is 11.4. The fourth-order valence-electron chi connectivity index (χ4n) is 2.47. The highest BCUT2D eigenvalue weighted by Gasteiger charge is 2.20. The Morgan fingerprint density at radius 3 is 2.60 bits per heavy atom. The molecule has 1 aromatic carbocycles. The molecule has 3 N–H and O–H groups in total. The summed E-state index contributed by atoms with van der Waals surface area (Å²) >= 11 is 1.66. The molecule has 8 nitrogen and oxygen atoms in total. The highest BCUT2D eigenvalue weighted by atomic mass is 32.2. The second-order valence-corrected chi connectivity index (χ2v) is 8.23. The number of sulfonamides is 1. The van der Waals surface area contributed by atoms with E-state index in [1.165, 1.54) is 17.0 Å². The van der Waals surface area contributed by atoms with Gasteiger partial charge in [-0.15, -0.1) is 11.3 Å². The quantitative estimate of drug-likeness (QED) is 0.533. The molecule has 1 aromatic heterocycles. The first-order valence-corrected chi connectivity index (χ1v) is 9.87. The van der Waals surface area contributed by atoms with Gasteiger partial charge >= 0.3 is 0 Å². The average molecular weight is 384 g/mol. The van der Waals surface area contributed by atoms with Crippen LogP contribution in [0.5, 0.6) is 0 Å². The second-order valence-electron chi connectivity index (χ2n) is 5.69. The van der Waals surface area contributed by atoms with E-state index in [1.54, 1.807) is 11.3 Å². The van der Waals surface area contributed by atoms with Crippen LogP contribution in [-0.4, -0.2) is 38.9 Å². The zero-order chi connectivity index (χ0) is 18.6. The number of nitrogens with one attached hydrogen (secondary N) is 1. The highest BCUT2D eigenvalue weighted by Crippen LogP contribution is 2.29. The standard InChI is InChI=1S/C15H20N4O4S2/c1-18(2)13(15-4-3-9-24-15)7-8-17-12-6-5-11(25(16,22)23)10-14(12)19(20)21/h3-6,9-10,13,17H,7-8H2,1-2H3,(H2,16,22,23). The maximum absolute atomic E-state index is 11.4. The van der Waals surface area contributed by atoms with Crippen LogP contribution in [0.15, 0.2) is 40.6 Å². The van der Waals surface area contributed by atoms with Gasteiger partial charge in [-0.3, -0.25) is 10.1 Å². The summed E-state index contributed by atoms with van der Waals surface area (Å²) in [6.07, 6.45) is 0.738. The topological polar surface area (TPSA) is 119 Å². The van der Waals surface area contributed by atoms with Gasteiger partial charge in [0.25, 0.3) is 5.69 Å². The Morgan fingerprint density at radius 1 is 1.36 bits per heavy atom. The molecule has 0 saturated carbocycles. The van der Waals surface area contributed by atoms with E-state index < -0.39 is 14.9 Å². The van der Waals surface area contributed by atoms with Crippen LogP contribution in [0.3, 0.4) is 0 Å². The van der Waals surface area contributed by atoms with Gasteiger partial charge in [0.2, 0.25) is 10.0 Å². The molecular weight excluding hydrogens is 364 g/mol. The number of rotatable bonds is 8. The van der Waals surface area contributed by atoms with Crippen molar-refractivity contribution in [1.82, 2.24) is 4.90 Å². The SMILES string of the molecule is CN(C)C(CCNc1ccc(S(N)(=O)=O)cc1[N+](=O)[O-])c1cccs1. The van der Waals surface area contributed by atoms with E-state index in [2.05, 4.69) is 16.3 Å². The van der Waals surface area contributed by atoms with Crippen LogP contribution in [0.4, 0.5) is 11.4 Å². The minimum absolute atomic E-state index is 0.190. The molecule has 2 rings (SSSR count). The van der Waals surface area contributed by atoms with Crippen LogP contribution >= 0.6 is 11.3 Å². The van der Waals surface area contributed by atoms with E-state index in [9.17, 15) is 18.5 Å². The number of nitrogens with zero attached hydrogens (tertiary/aromatic N) is 2. The third-order valence-electron chi connectivity index (χ3n) is 3.72. The Bertz CT molecular complexity index is 835. The zero-order valence-corrected chi connectivity index (χ0v) is 15.5. The van der Waals surface area contributed by atoms with Crippen molar-refractivity contribution >= 4 is 32.7 Å². The lowest BCUT2D eigenvalue weighted by molar-refractivity contribution is -0.384. The number of anilines is 1. The molecule has 0 fully saturated rings. The van der Waals surface area contributed by atoms with E-state index in [0.29, 0.717) is 6.54 Å². The van der Waals surface area contributed by atoms with E-state index in [-0.39, 0.29) is 22.3 Å². The second kappa shape index (κ2) is 7.91. The van der Waals surface area contributed by atoms with Crippen molar-refractivity contribution < 1.29 is 13.3 Å². The monoisotopic (exact) mass is 384 g/mol. The van der Waals surface area contributed by atoms with Gasteiger partial charge in [-0.2, -0.15) is 0 Å². The molecule has 0 amide bonds. The number of primary sulfonamides is 1. The van der Waals surface area contributed by atoms with Crippen LogP contribution in [0, 0.1) is 10.1 Å². The minimum Gasteiger partial charge on any atom is -0.379 e. The molecule has 1 atom stereocenters. The molecule has 0 saturated heterocycles. The predicted octanol–water partition coefficient (Wildman–Crippen LogP) is 2.41. The minimum atomic E-state index is -3.99. The number of nitrogens with two attached hydrogens (primary N) is 1. The first-order valence-electron chi connectivity index (χ1n) is 7.45. The fourth-order valence-corrected chi connectivity index (χ4v) is 3.96. The summed E-state index contributed by atoms with van der Waals surface area (Å²) < 4.78 is 22.7. The van der Waals surface area contributed by atoms with Crippen molar-refractivity contribution in [3.8, 4) is 0 Å². The molecule has 10 heteroatoms. The van der Waals surface area contributed by atoms with Gasteiger partial charge in [0.05, 0.1) is 9.82 Å². The Labute approximate surface area is 150 Å². The van der Waals surface area contributed by atoms with E-state index in [4.69, 9.17) is 5.14 Å². The van der Waals surface area contributed by atoms with Gasteiger partial charge in [-0.25, -0.2) is 13.6 Å². The molecule has 0 aliphatic carbocycles. The summed E-state index contributed by atoms with van der Waals surface area (Å²) in [5.74, 6) is 0. The lowest BCUT2D eigenvalue weighted by atomic mass is 10.1. The third-order valence-corrected chi connectivity index (χ3v) is 5.61. The summed E-state index contributed by atoms with van der Waals surface area (Å²) in [6.45, 7) is 0.496. The summed E-state index contributed by atoms with van der Waals surface area (Å²) in [5.41, 5.74) is -0.0508. The molecule has 25 heavy (non-hydrogen) atoms. The molecule has 0 aliphatic rings. The Kier molecular flexibility index (Phi) is 6.11. The van der Waals surface area contributed by atoms with Crippen molar-refractivity contribution in [2.24, 2.45) is 5.14 Å². The number of hydrogen-bond acceptors (Lipinski definition) is 7. The third kappa shape index (κ3) is 4.98. The van der Waals surface area contributed by atoms with Crippen molar-refractivity contribution in [2.45, 2.75) is 17.4 Å². The summed E-state index contributed by atoms with van der Waals surface area (Å²) in [5, 5.41) is 21.3. The average Bonchev–Trinajstić information content (AvgIpc) is 3.04. The lowest BCUT2D eigenvalue weighted by Crippen LogP contribution is -2.22. The normalized spacial score (nSPS) is 13.0. The molecule has 0 bridgehead atoms. The molecule has 2 aromatic rings. The highest BCUT2D eigenvalue weighted by molar-refractivity contribution is 7.89. The molecular formula is C15H20N4O4S2.